The van der Waals surface area contributed by atoms with Gasteiger partial charge in [0, 0.05) is 30.3 Å². The van der Waals surface area contributed by atoms with Crippen molar-refractivity contribution < 1.29 is 23.9 Å². The number of rotatable bonds is 13. The molecular formula is C33H48O5. The highest BCUT2D eigenvalue weighted by Crippen LogP contribution is 2.40. The number of ether oxygens (including phenoxy) is 2. The van der Waals surface area contributed by atoms with Gasteiger partial charge in [0.05, 0.1) is 11.7 Å². The van der Waals surface area contributed by atoms with Gasteiger partial charge in [0.1, 0.15) is 18.2 Å². The zero-order valence-electron chi connectivity index (χ0n) is 24.6. The van der Waals surface area contributed by atoms with E-state index in [4.69, 9.17) is 9.47 Å². The second-order valence-electron chi connectivity index (χ2n) is 11.7. The first-order valence-electron chi connectivity index (χ1n) is 14.2. The number of carbonyl (C=O) groups excluding carboxylic acids is 3. The number of hydrogen-bond acceptors (Lipinski definition) is 5. The number of allylic oxidation sites excluding steroid dienone is 7. The maximum Gasteiger partial charge on any atom is 0.331 e. The van der Waals surface area contributed by atoms with Crippen LogP contribution in [0.15, 0.2) is 59.8 Å². The van der Waals surface area contributed by atoms with Crippen LogP contribution in [0.25, 0.3) is 0 Å². The maximum absolute atomic E-state index is 13.2. The molecule has 0 bridgehead atoms. The summed E-state index contributed by atoms with van der Waals surface area (Å²) in [5.41, 5.74) is 1.82. The van der Waals surface area contributed by atoms with Gasteiger partial charge in [-0.15, -0.1) is 0 Å². The molecule has 5 heteroatoms. The highest BCUT2D eigenvalue weighted by atomic mass is 16.5. The first-order chi connectivity index (χ1) is 17.9. The van der Waals surface area contributed by atoms with Crippen LogP contribution in [0.4, 0.5) is 0 Å². The molecule has 2 rings (SSSR count). The van der Waals surface area contributed by atoms with E-state index in [1.807, 2.05) is 52.8 Å². The molecule has 0 unspecified atom stereocenters. The Bertz CT molecular complexity index is 983. The summed E-state index contributed by atoms with van der Waals surface area (Å²) in [4.78, 5) is 35.7. The van der Waals surface area contributed by atoms with Crippen molar-refractivity contribution in [3.05, 3.63) is 59.8 Å². The minimum atomic E-state index is -0.463. The molecule has 5 nitrogen and oxygen atoms in total. The maximum atomic E-state index is 13.2. The van der Waals surface area contributed by atoms with E-state index < -0.39 is 5.60 Å². The number of ketones is 1. The standard InChI is InChI=1S/C33H48O5/c1-9-28(14-15-29-24(4)13-16-30(35)37-29)20-23(3)12-10-11-22(2)19-25(5)31(36)27(7)32-26(6)21-33(8,38-32)17-18-34/h10-11,13-16,18-20,23-27,29,32H,9,12,17,21H2,1-8H3/b11-10+,15-14+,22-19+,28-20-/t23-,24-,25-,26+,27-,29+,32-,33-/m1/s1. The van der Waals surface area contributed by atoms with Crippen LogP contribution >= 0.6 is 0 Å². The molecule has 0 N–H and O–H groups in total. The number of Topliss-reactive ketones (excluding diaryl/α,β-unsaturated/α-hetero) is 1. The van der Waals surface area contributed by atoms with Gasteiger partial charge in [0.15, 0.2) is 0 Å². The van der Waals surface area contributed by atoms with Crippen molar-refractivity contribution >= 4 is 18.0 Å². The van der Waals surface area contributed by atoms with Gasteiger partial charge in [0.25, 0.3) is 0 Å². The molecule has 0 amide bonds. The van der Waals surface area contributed by atoms with E-state index in [0.717, 1.165) is 31.1 Å². The Labute approximate surface area is 230 Å². The minimum Gasteiger partial charge on any atom is -0.454 e. The average Bonchev–Trinajstić information content (AvgIpc) is 3.16. The normalized spacial score (nSPS) is 31.0. The van der Waals surface area contributed by atoms with Crippen LogP contribution < -0.4 is 0 Å². The lowest BCUT2D eigenvalue weighted by Crippen LogP contribution is -2.34. The molecule has 8 atom stereocenters. The van der Waals surface area contributed by atoms with Crippen LogP contribution in [0.2, 0.25) is 0 Å². The Balaban J connectivity index is 1.91. The predicted octanol–water partition coefficient (Wildman–Crippen LogP) is 7.14. The number of hydrogen-bond donors (Lipinski definition) is 0. The highest BCUT2D eigenvalue weighted by Gasteiger charge is 2.45. The number of carbonyl (C=O) groups is 3. The molecule has 0 spiro atoms. The Morgan fingerprint density at radius 3 is 2.55 bits per heavy atom. The Hall–Kier alpha value is -2.53. The minimum absolute atomic E-state index is 0.154. The summed E-state index contributed by atoms with van der Waals surface area (Å²) in [5, 5.41) is 0. The van der Waals surface area contributed by atoms with Gasteiger partial charge in [-0.3, -0.25) is 4.79 Å². The van der Waals surface area contributed by atoms with E-state index >= 15 is 0 Å². The summed E-state index contributed by atoms with van der Waals surface area (Å²) in [5.74, 6) is 0.232. The van der Waals surface area contributed by atoms with Gasteiger partial charge in [-0.2, -0.15) is 0 Å². The molecule has 38 heavy (non-hydrogen) atoms. The molecule has 2 heterocycles. The smallest absolute Gasteiger partial charge is 0.331 e. The van der Waals surface area contributed by atoms with Crippen molar-refractivity contribution in [2.75, 3.05) is 0 Å². The van der Waals surface area contributed by atoms with E-state index in [9.17, 15) is 14.4 Å². The van der Waals surface area contributed by atoms with Gasteiger partial charge in [-0.25, -0.2) is 4.79 Å². The highest BCUT2D eigenvalue weighted by molar-refractivity contribution is 5.85. The number of esters is 1. The van der Waals surface area contributed by atoms with Gasteiger partial charge in [-0.05, 0) is 51.0 Å². The van der Waals surface area contributed by atoms with Crippen LogP contribution in [0, 0.1) is 29.6 Å². The van der Waals surface area contributed by atoms with Crippen molar-refractivity contribution in [1.29, 1.82) is 0 Å². The van der Waals surface area contributed by atoms with E-state index in [-0.39, 0.29) is 47.6 Å². The van der Waals surface area contributed by atoms with Crippen LogP contribution in [-0.2, 0) is 23.9 Å². The molecule has 0 radical (unpaired) electrons. The van der Waals surface area contributed by atoms with Crippen molar-refractivity contribution in [2.45, 2.75) is 98.9 Å². The fourth-order valence-corrected chi connectivity index (χ4v) is 5.55. The molecule has 1 saturated heterocycles. The second-order valence-corrected chi connectivity index (χ2v) is 11.7. The molecular weight excluding hydrogens is 476 g/mol. The van der Waals surface area contributed by atoms with Crippen molar-refractivity contribution in [2.24, 2.45) is 29.6 Å². The Morgan fingerprint density at radius 1 is 1.18 bits per heavy atom. The van der Waals surface area contributed by atoms with Crippen LogP contribution in [0.1, 0.15) is 81.1 Å². The molecule has 0 aromatic heterocycles. The summed E-state index contributed by atoms with van der Waals surface area (Å²) < 4.78 is 11.6. The largest absolute Gasteiger partial charge is 0.454 e. The molecule has 0 aliphatic carbocycles. The fraction of sp³-hybridized carbons (Fsp3) is 0.606. The second kappa shape index (κ2) is 14.6. The van der Waals surface area contributed by atoms with Gasteiger partial charge in [0.2, 0.25) is 0 Å². The molecule has 210 valence electrons. The van der Waals surface area contributed by atoms with Gasteiger partial charge < -0.3 is 14.3 Å². The molecule has 0 aromatic carbocycles. The predicted molar refractivity (Wildman–Crippen MR) is 153 cm³/mol. The van der Waals surface area contributed by atoms with Gasteiger partial charge >= 0.3 is 5.97 Å². The average molecular weight is 525 g/mol. The quantitative estimate of drug-likeness (QED) is 0.145. The van der Waals surface area contributed by atoms with E-state index in [0.29, 0.717) is 12.3 Å². The third-order valence-electron chi connectivity index (χ3n) is 7.76. The third kappa shape index (κ3) is 9.34. The molecule has 1 fully saturated rings. The summed E-state index contributed by atoms with van der Waals surface area (Å²) in [7, 11) is 0. The summed E-state index contributed by atoms with van der Waals surface area (Å²) in [6.45, 7) is 16.4. The van der Waals surface area contributed by atoms with Crippen molar-refractivity contribution in [3.63, 3.8) is 0 Å². The van der Waals surface area contributed by atoms with E-state index in [1.54, 1.807) is 0 Å². The summed E-state index contributed by atoms with van der Waals surface area (Å²) >= 11 is 0. The number of cyclic esters (lactones) is 1. The van der Waals surface area contributed by atoms with Crippen LogP contribution in [0.5, 0.6) is 0 Å². The fourth-order valence-electron chi connectivity index (χ4n) is 5.55. The van der Waals surface area contributed by atoms with Crippen molar-refractivity contribution in [3.8, 4) is 0 Å². The topological polar surface area (TPSA) is 69.7 Å². The molecule has 0 saturated carbocycles. The lowest BCUT2D eigenvalue weighted by Gasteiger charge is -2.26. The Kier molecular flexibility index (Phi) is 12.2. The summed E-state index contributed by atoms with van der Waals surface area (Å²) in [6.07, 6.45) is 19.5. The monoisotopic (exact) mass is 524 g/mol. The SMILES string of the molecule is CCC(=C/[C@H](C)C/C=C/C(C)=C/[C@@H](C)C(=O)[C@@H](C)[C@@H]1O[C@](C)(CC=O)C[C@@H]1C)/C=C/[C@@H]1OC(=O)C=C[C@H]1C. The van der Waals surface area contributed by atoms with E-state index in [2.05, 4.69) is 45.1 Å². The lowest BCUT2D eigenvalue weighted by atomic mass is 9.83. The van der Waals surface area contributed by atoms with E-state index in [1.165, 1.54) is 11.6 Å². The third-order valence-corrected chi connectivity index (χ3v) is 7.76. The first kappa shape index (κ1) is 31.7. The first-order valence-corrected chi connectivity index (χ1v) is 14.2. The molecule has 2 aliphatic heterocycles. The van der Waals surface area contributed by atoms with Crippen LogP contribution in [-0.4, -0.2) is 35.8 Å². The zero-order valence-corrected chi connectivity index (χ0v) is 24.6. The van der Waals surface area contributed by atoms with Crippen LogP contribution in [0.3, 0.4) is 0 Å². The number of aldehydes is 1. The zero-order chi connectivity index (χ0) is 28.5. The van der Waals surface area contributed by atoms with Crippen molar-refractivity contribution in [1.82, 2.24) is 0 Å². The molecule has 2 aliphatic rings. The Morgan fingerprint density at radius 2 is 1.89 bits per heavy atom. The summed E-state index contributed by atoms with van der Waals surface area (Å²) in [6, 6.07) is 0. The lowest BCUT2D eigenvalue weighted by molar-refractivity contribution is -0.143. The van der Waals surface area contributed by atoms with Gasteiger partial charge in [-0.1, -0.05) is 89.1 Å². The molecule has 0 aromatic rings.